The molecule has 0 aliphatic heterocycles. The second kappa shape index (κ2) is 7.09. The molecule has 0 atom stereocenters. The van der Waals surface area contributed by atoms with Gasteiger partial charge in [-0.05, 0) is 44.3 Å². The van der Waals surface area contributed by atoms with Crippen LogP contribution in [0.5, 0.6) is 0 Å². The normalized spacial score (nSPS) is 10.9. The SMILES string of the molecule is CCOC(=O)c1ccccc1Cn1ccc(CN(C)C)c1. The molecule has 1 aromatic heterocycles. The molecule has 2 aromatic rings. The number of esters is 1. The second-order valence-electron chi connectivity index (χ2n) is 5.31. The summed E-state index contributed by atoms with van der Waals surface area (Å²) >= 11 is 0. The molecule has 0 N–H and O–H groups in total. The number of carbonyl (C=O) groups excluding carboxylic acids is 1. The van der Waals surface area contributed by atoms with E-state index in [9.17, 15) is 4.79 Å². The Bertz CT molecular complexity index is 602. The monoisotopic (exact) mass is 286 g/mol. The lowest BCUT2D eigenvalue weighted by Crippen LogP contribution is -2.11. The third kappa shape index (κ3) is 4.20. The van der Waals surface area contributed by atoms with Crippen molar-refractivity contribution in [2.45, 2.75) is 20.0 Å². The molecule has 1 aromatic carbocycles. The molecule has 4 nitrogen and oxygen atoms in total. The zero-order valence-electron chi connectivity index (χ0n) is 12.9. The highest BCUT2D eigenvalue weighted by molar-refractivity contribution is 5.91. The lowest BCUT2D eigenvalue weighted by molar-refractivity contribution is 0.0525. The molecule has 0 bridgehead atoms. The Morgan fingerprint density at radius 1 is 1.24 bits per heavy atom. The molecule has 0 aliphatic rings. The Kier molecular flexibility index (Phi) is 5.17. The highest BCUT2D eigenvalue weighted by atomic mass is 16.5. The van der Waals surface area contributed by atoms with Crippen molar-refractivity contribution in [2.75, 3.05) is 20.7 Å². The Morgan fingerprint density at radius 2 is 2.00 bits per heavy atom. The van der Waals surface area contributed by atoms with Gasteiger partial charge >= 0.3 is 5.97 Å². The summed E-state index contributed by atoms with van der Waals surface area (Å²) in [7, 11) is 4.10. The number of carbonyl (C=O) groups is 1. The van der Waals surface area contributed by atoms with Crippen molar-refractivity contribution in [1.82, 2.24) is 9.47 Å². The Balaban J connectivity index is 2.16. The minimum atomic E-state index is -0.256. The number of hydrogen-bond donors (Lipinski definition) is 0. The van der Waals surface area contributed by atoms with Crippen LogP contribution >= 0.6 is 0 Å². The van der Waals surface area contributed by atoms with Crippen molar-refractivity contribution in [3.8, 4) is 0 Å². The molecule has 112 valence electrons. The first kappa shape index (κ1) is 15.3. The fourth-order valence-electron chi connectivity index (χ4n) is 2.31. The van der Waals surface area contributed by atoms with Gasteiger partial charge in [-0.1, -0.05) is 18.2 Å². The largest absolute Gasteiger partial charge is 0.462 e. The molecular formula is C17H22N2O2. The topological polar surface area (TPSA) is 34.5 Å². The summed E-state index contributed by atoms with van der Waals surface area (Å²) in [5, 5.41) is 0. The van der Waals surface area contributed by atoms with Crippen LogP contribution in [0, 0.1) is 0 Å². The van der Waals surface area contributed by atoms with Crippen LogP contribution in [-0.2, 0) is 17.8 Å². The van der Waals surface area contributed by atoms with E-state index in [-0.39, 0.29) is 5.97 Å². The van der Waals surface area contributed by atoms with Gasteiger partial charge < -0.3 is 14.2 Å². The predicted octanol–water partition coefficient (Wildman–Crippen LogP) is 2.77. The molecule has 0 radical (unpaired) electrons. The van der Waals surface area contributed by atoms with Gasteiger partial charge in [0.25, 0.3) is 0 Å². The highest BCUT2D eigenvalue weighted by Gasteiger charge is 2.12. The zero-order valence-corrected chi connectivity index (χ0v) is 12.9. The zero-order chi connectivity index (χ0) is 15.2. The molecule has 2 rings (SSSR count). The van der Waals surface area contributed by atoms with Gasteiger partial charge in [-0.15, -0.1) is 0 Å². The minimum absolute atomic E-state index is 0.256. The number of rotatable bonds is 6. The van der Waals surface area contributed by atoms with Crippen molar-refractivity contribution < 1.29 is 9.53 Å². The molecule has 0 spiro atoms. The first-order chi connectivity index (χ1) is 10.1. The molecule has 4 heteroatoms. The number of benzene rings is 1. The maximum atomic E-state index is 12.0. The van der Waals surface area contributed by atoms with Gasteiger partial charge in [0.15, 0.2) is 0 Å². The molecule has 0 unspecified atom stereocenters. The van der Waals surface area contributed by atoms with Gasteiger partial charge in [0.2, 0.25) is 0 Å². The van der Waals surface area contributed by atoms with E-state index in [1.165, 1.54) is 5.56 Å². The van der Waals surface area contributed by atoms with E-state index in [0.717, 1.165) is 12.1 Å². The predicted molar refractivity (Wildman–Crippen MR) is 83.3 cm³/mol. The van der Waals surface area contributed by atoms with E-state index in [1.807, 2.05) is 51.5 Å². The third-order valence-electron chi connectivity index (χ3n) is 3.18. The van der Waals surface area contributed by atoms with Crippen molar-refractivity contribution >= 4 is 5.97 Å². The summed E-state index contributed by atoms with van der Waals surface area (Å²) in [6.45, 7) is 3.79. The van der Waals surface area contributed by atoms with Crippen LogP contribution in [0.3, 0.4) is 0 Å². The van der Waals surface area contributed by atoms with Gasteiger partial charge in [-0.25, -0.2) is 4.79 Å². The van der Waals surface area contributed by atoms with E-state index < -0.39 is 0 Å². The molecule has 1 heterocycles. The molecule has 0 saturated heterocycles. The van der Waals surface area contributed by atoms with Crippen LogP contribution < -0.4 is 0 Å². The molecule has 21 heavy (non-hydrogen) atoms. The van der Waals surface area contributed by atoms with Crippen molar-refractivity contribution in [3.63, 3.8) is 0 Å². The summed E-state index contributed by atoms with van der Waals surface area (Å²) in [6.07, 6.45) is 4.16. The Labute approximate surface area is 125 Å². The lowest BCUT2D eigenvalue weighted by atomic mass is 10.1. The highest BCUT2D eigenvalue weighted by Crippen LogP contribution is 2.14. The fraction of sp³-hybridized carbons (Fsp3) is 0.353. The smallest absolute Gasteiger partial charge is 0.338 e. The van der Waals surface area contributed by atoms with Gasteiger partial charge in [-0.3, -0.25) is 0 Å². The summed E-state index contributed by atoms with van der Waals surface area (Å²) < 4.78 is 7.20. The second-order valence-corrected chi connectivity index (χ2v) is 5.31. The first-order valence-corrected chi connectivity index (χ1v) is 7.14. The van der Waals surface area contributed by atoms with E-state index in [4.69, 9.17) is 4.74 Å². The van der Waals surface area contributed by atoms with Crippen LogP contribution in [0.15, 0.2) is 42.7 Å². The van der Waals surface area contributed by atoms with Gasteiger partial charge in [0.05, 0.1) is 12.2 Å². The average Bonchev–Trinajstić information content (AvgIpc) is 2.86. The van der Waals surface area contributed by atoms with Crippen LogP contribution in [-0.4, -0.2) is 36.1 Å². The van der Waals surface area contributed by atoms with Crippen LogP contribution in [0.1, 0.15) is 28.4 Å². The summed E-state index contributed by atoms with van der Waals surface area (Å²) in [6, 6.07) is 9.70. The number of ether oxygens (including phenoxy) is 1. The maximum absolute atomic E-state index is 12.0. The lowest BCUT2D eigenvalue weighted by Gasteiger charge is -2.10. The quantitative estimate of drug-likeness (QED) is 0.766. The summed E-state index contributed by atoms with van der Waals surface area (Å²) in [4.78, 5) is 14.1. The van der Waals surface area contributed by atoms with Crippen molar-refractivity contribution in [3.05, 3.63) is 59.4 Å². The molecule has 0 amide bonds. The molecule has 0 aliphatic carbocycles. The maximum Gasteiger partial charge on any atom is 0.338 e. The third-order valence-corrected chi connectivity index (χ3v) is 3.18. The van der Waals surface area contributed by atoms with Gasteiger partial charge in [0.1, 0.15) is 0 Å². The number of hydrogen-bond acceptors (Lipinski definition) is 3. The standard InChI is InChI=1S/C17H22N2O2/c1-4-21-17(20)16-8-6-5-7-15(16)13-19-10-9-14(12-19)11-18(2)3/h5-10,12H,4,11,13H2,1-3H3. The average molecular weight is 286 g/mol. The van der Waals surface area contributed by atoms with Crippen LogP contribution in [0.4, 0.5) is 0 Å². The van der Waals surface area contributed by atoms with Crippen LogP contribution in [0.2, 0.25) is 0 Å². The van der Waals surface area contributed by atoms with Crippen molar-refractivity contribution in [1.29, 1.82) is 0 Å². The van der Waals surface area contributed by atoms with E-state index in [0.29, 0.717) is 18.7 Å². The molecular weight excluding hydrogens is 264 g/mol. The first-order valence-electron chi connectivity index (χ1n) is 7.14. The summed E-state index contributed by atoms with van der Waals surface area (Å²) in [5.74, 6) is -0.256. The molecule has 0 fully saturated rings. The van der Waals surface area contributed by atoms with Gasteiger partial charge in [0, 0.05) is 25.5 Å². The van der Waals surface area contributed by atoms with E-state index >= 15 is 0 Å². The van der Waals surface area contributed by atoms with Crippen LogP contribution in [0.25, 0.3) is 0 Å². The molecule has 0 saturated carbocycles. The number of aromatic nitrogens is 1. The Hall–Kier alpha value is -2.07. The van der Waals surface area contributed by atoms with E-state index in [2.05, 4.69) is 21.7 Å². The Morgan fingerprint density at radius 3 is 2.71 bits per heavy atom. The fourth-order valence-corrected chi connectivity index (χ4v) is 2.31. The minimum Gasteiger partial charge on any atom is -0.462 e. The summed E-state index contributed by atoms with van der Waals surface area (Å²) in [5.41, 5.74) is 2.87. The number of nitrogens with zero attached hydrogens (tertiary/aromatic N) is 2. The van der Waals surface area contributed by atoms with Crippen molar-refractivity contribution in [2.24, 2.45) is 0 Å². The van der Waals surface area contributed by atoms with E-state index in [1.54, 1.807) is 0 Å². The van der Waals surface area contributed by atoms with Gasteiger partial charge in [-0.2, -0.15) is 0 Å².